The summed E-state index contributed by atoms with van der Waals surface area (Å²) in [6.45, 7) is 7.76. The fraction of sp³-hybridized carbons (Fsp3) is 0.750. The molecule has 10 heavy (non-hydrogen) atoms. The summed E-state index contributed by atoms with van der Waals surface area (Å²) in [7, 11) is 0. The predicted octanol–water partition coefficient (Wildman–Crippen LogP) is 1.35. The van der Waals surface area contributed by atoms with Gasteiger partial charge in [0.15, 0.2) is 0 Å². The maximum atomic E-state index is 9.08. The second-order valence-corrected chi connectivity index (χ2v) is 2.31. The van der Waals surface area contributed by atoms with E-state index in [4.69, 9.17) is 9.84 Å². The minimum Gasteiger partial charge on any atom is -0.391 e. The molecule has 0 fully saturated rings. The van der Waals surface area contributed by atoms with E-state index < -0.39 is 0 Å². The van der Waals surface area contributed by atoms with Crippen molar-refractivity contribution < 1.29 is 9.84 Å². The van der Waals surface area contributed by atoms with E-state index in [1.54, 1.807) is 13.0 Å². The molecule has 0 aliphatic heterocycles. The van der Waals surface area contributed by atoms with Gasteiger partial charge in [-0.3, -0.25) is 0 Å². The minimum absolute atomic E-state index is 0.0435. The Bertz CT molecular complexity index is 89.3. The molecule has 0 aliphatic carbocycles. The summed E-state index contributed by atoms with van der Waals surface area (Å²) >= 11 is 0. The average Bonchev–Trinajstić information content (AvgIpc) is 1.89. The van der Waals surface area contributed by atoms with Crippen LogP contribution in [0.5, 0.6) is 0 Å². The fourth-order valence-corrected chi connectivity index (χ4v) is 0.790. The molecule has 0 spiro atoms. The van der Waals surface area contributed by atoms with Crippen LogP contribution in [0.1, 0.15) is 20.3 Å². The van der Waals surface area contributed by atoms with Crippen LogP contribution in [-0.4, -0.2) is 23.9 Å². The third-order valence-electron chi connectivity index (χ3n) is 1.37. The standard InChI is InChI=1S/C8H16O2/c1-4-6-10-8(5-2)7(3)9/h4,7-9H,1,5-6H2,2-3H3. The summed E-state index contributed by atoms with van der Waals surface area (Å²) in [6, 6.07) is 0. The van der Waals surface area contributed by atoms with Crippen molar-refractivity contribution in [3.8, 4) is 0 Å². The van der Waals surface area contributed by atoms with Crippen LogP contribution < -0.4 is 0 Å². The smallest absolute Gasteiger partial charge is 0.0832 e. The van der Waals surface area contributed by atoms with Crippen molar-refractivity contribution >= 4 is 0 Å². The topological polar surface area (TPSA) is 29.5 Å². The predicted molar refractivity (Wildman–Crippen MR) is 41.9 cm³/mol. The van der Waals surface area contributed by atoms with Gasteiger partial charge in [0.1, 0.15) is 0 Å². The maximum Gasteiger partial charge on any atom is 0.0832 e. The van der Waals surface area contributed by atoms with Gasteiger partial charge >= 0.3 is 0 Å². The van der Waals surface area contributed by atoms with Crippen LogP contribution in [0.3, 0.4) is 0 Å². The van der Waals surface area contributed by atoms with Crippen molar-refractivity contribution in [2.24, 2.45) is 0 Å². The Balaban J connectivity index is 3.49. The van der Waals surface area contributed by atoms with Gasteiger partial charge in [0.2, 0.25) is 0 Å². The van der Waals surface area contributed by atoms with Gasteiger partial charge in [-0.25, -0.2) is 0 Å². The number of aliphatic hydroxyl groups excluding tert-OH is 1. The lowest BCUT2D eigenvalue weighted by molar-refractivity contribution is -0.0192. The van der Waals surface area contributed by atoms with Crippen molar-refractivity contribution in [3.05, 3.63) is 12.7 Å². The highest BCUT2D eigenvalue weighted by atomic mass is 16.5. The minimum atomic E-state index is -0.384. The van der Waals surface area contributed by atoms with E-state index in [0.29, 0.717) is 6.61 Å². The lowest BCUT2D eigenvalue weighted by atomic mass is 10.2. The van der Waals surface area contributed by atoms with Crippen LogP contribution in [0.4, 0.5) is 0 Å². The van der Waals surface area contributed by atoms with E-state index in [1.165, 1.54) is 0 Å². The molecule has 0 aliphatic rings. The summed E-state index contributed by atoms with van der Waals surface area (Å²) in [4.78, 5) is 0. The Labute approximate surface area is 62.5 Å². The lowest BCUT2D eigenvalue weighted by Gasteiger charge is -2.17. The first-order valence-electron chi connectivity index (χ1n) is 3.63. The normalized spacial score (nSPS) is 16.3. The monoisotopic (exact) mass is 144 g/mol. The first kappa shape index (κ1) is 9.66. The average molecular weight is 144 g/mol. The molecule has 2 atom stereocenters. The third kappa shape index (κ3) is 3.64. The van der Waals surface area contributed by atoms with E-state index in [9.17, 15) is 0 Å². The van der Waals surface area contributed by atoms with Crippen molar-refractivity contribution in [1.82, 2.24) is 0 Å². The molecule has 0 aromatic heterocycles. The zero-order valence-electron chi connectivity index (χ0n) is 6.71. The molecule has 2 nitrogen and oxygen atoms in total. The van der Waals surface area contributed by atoms with Crippen LogP contribution >= 0.6 is 0 Å². The maximum absolute atomic E-state index is 9.08. The number of rotatable bonds is 5. The molecule has 60 valence electrons. The molecule has 0 rings (SSSR count). The number of hydrogen-bond donors (Lipinski definition) is 1. The number of aliphatic hydroxyl groups is 1. The largest absolute Gasteiger partial charge is 0.391 e. The van der Waals surface area contributed by atoms with Gasteiger partial charge in [0.25, 0.3) is 0 Å². The Kier molecular flexibility index (Phi) is 5.26. The van der Waals surface area contributed by atoms with Crippen LogP contribution in [-0.2, 0) is 4.74 Å². The molecular formula is C8H16O2. The Morgan fingerprint density at radius 3 is 2.60 bits per heavy atom. The molecule has 0 aromatic rings. The Morgan fingerprint density at radius 2 is 2.30 bits per heavy atom. The molecule has 0 aromatic carbocycles. The SMILES string of the molecule is C=CCOC(CC)C(C)O. The van der Waals surface area contributed by atoms with Gasteiger partial charge in [-0.2, -0.15) is 0 Å². The van der Waals surface area contributed by atoms with E-state index in [-0.39, 0.29) is 12.2 Å². The summed E-state index contributed by atoms with van der Waals surface area (Å²) < 4.78 is 5.23. The zero-order chi connectivity index (χ0) is 7.98. The molecule has 1 N–H and O–H groups in total. The van der Waals surface area contributed by atoms with Gasteiger partial charge < -0.3 is 9.84 Å². The highest BCUT2D eigenvalue weighted by Gasteiger charge is 2.11. The molecule has 0 radical (unpaired) electrons. The van der Waals surface area contributed by atoms with Crippen LogP contribution in [0.15, 0.2) is 12.7 Å². The second-order valence-electron chi connectivity index (χ2n) is 2.31. The zero-order valence-corrected chi connectivity index (χ0v) is 6.71. The van der Waals surface area contributed by atoms with Crippen molar-refractivity contribution in [2.75, 3.05) is 6.61 Å². The molecule has 0 amide bonds. The van der Waals surface area contributed by atoms with Gasteiger partial charge in [-0.1, -0.05) is 13.0 Å². The second kappa shape index (κ2) is 5.45. The van der Waals surface area contributed by atoms with Crippen molar-refractivity contribution in [3.63, 3.8) is 0 Å². The van der Waals surface area contributed by atoms with E-state index >= 15 is 0 Å². The fourth-order valence-electron chi connectivity index (χ4n) is 0.790. The van der Waals surface area contributed by atoms with Gasteiger partial charge in [0, 0.05) is 0 Å². The Hall–Kier alpha value is -0.340. The molecule has 2 heteroatoms. The summed E-state index contributed by atoms with van der Waals surface area (Å²) in [5.74, 6) is 0. The third-order valence-corrected chi connectivity index (χ3v) is 1.37. The molecular weight excluding hydrogens is 128 g/mol. The first-order valence-corrected chi connectivity index (χ1v) is 3.63. The molecule has 0 saturated heterocycles. The molecule has 0 saturated carbocycles. The first-order chi connectivity index (χ1) is 4.72. The quantitative estimate of drug-likeness (QED) is 0.590. The van der Waals surface area contributed by atoms with E-state index in [0.717, 1.165) is 6.42 Å². The van der Waals surface area contributed by atoms with Gasteiger partial charge in [0.05, 0.1) is 18.8 Å². The highest BCUT2D eigenvalue weighted by molar-refractivity contribution is 4.68. The lowest BCUT2D eigenvalue weighted by Crippen LogP contribution is -2.25. The van der Waals surface area contributed by atoms with E-state index in [1.807, 2.05) is 6.92 Å². The number of hydrogen-bond acceptors (Lipinski definition) is 2. The summed E-state index contributed by atoms with van der Waals surface area (Å²) in [5, 5.41) is 9.08. The van der Waals surface area contributed by atoms with Crippen molar-refractivity contribution in [1.29, 1.82) is 0 Å². The summed E-state index contributed by atoms with van der Waals surface area (Å²) in [6.07, 6.45) is 2.10. The van der Waals surface area contributed by atoms with Gasteiger partial charge in [-0.15, -0.1) is 6.58 Å². The molecule has 0 bridgehead atoms. The highest BCUT2D eigenvalue weighted by Crippen LogP contribution is 2.02. The number of ether oxygens (including phenoxy) is 1. The molecule has 0 heterocycles. The summed E-state index contributed by atoms with van der Waals surface area (Å²) in [5.41, 5.74) is 0. The van der Waals surface area contributed by atoms with E-state index in [2.05, 4.69) is 6.58 Å². The van der Waals surface area contributed by atoms with Crippen molar-refractivity contribution in [2.45, 2.75) is 32.5 Å². The van der Waals surface area contributed by atoms with Crippen LogP contribution in [0.25, 0.3) is 0 Å². The Morgan fingerprint density at radius 1 is 1.70 bits per heavy atom. The molecule has 2 unspecified atom stereocenters. The van der Waals surface area contributed by atoms with Crippen LogP contribution in [0, 0.1) is 0 Å². The van der Waals surface area contributed by atoms with Gasteiger partial charge in [-0.05, 0) is 13.3 Å². The van der Waals surface area contributed by atoms with Crippen LogP contribution in [0.2, 0.25) is 0 Å².